The number of halogens is 1. The third-order valence-corrected chi connectivity index (χ3v) is 5.90. The number of aromatic amines is 1. The Hall–Kier alpha value is -2.77. The number of carbonyl (C=O) groups is 1. The van der Waals surface area contributed by atoms with Gasteiger partial charge in [0.1, 0.15) is 5.75 Å². The van der Waals surface area contributed by atoms with Gasteiger partial charge in [0, 0.05) is 25.7 Å². The van der Waals surface area contributed by atoms with Gasteiger partial charge in [0.25, 0.3) is 0 Å². The number of carboxylic acid groups (broad SMARTS) is 1. The van der Waals surface area contributed by atoms with Crippen molar-refractivity contribution in [2.45, 2.75) is 32.4 Å². The Morgan fingerprint density at radius 3 is 2.70 bits per heavy atom. The molecular formula is C22H24ClN3O4. The minimum atomic E-state index is -1.01. The maximum Gasteiger partial charge on any atom is 0.335 e. The molecule has 7 nitrogen and oxygen atoms in total. The summed E-state index contributed by atoms with van der Waals surface area (Å²) >= 11 is 6.18. The third-order valence-electron chi connectivity index (χ3n) is 5.59. The molecule has 4 rings (SSSR count). The van der Waals surface area contributed by atoms with Crippen molar-refractivity contribution in [1.29, 1.82) is 0 Å². The molecule has 2 heterocycles. The minimum absolute atomic E-state index is 0.0855. The molecule has 1 saturated heterocycles. The number of H-pyrrole nitrogens is 1. The molecule has 0 aliphatic carbocycles. The molecule has 1 aliphatic rings. The van der Waals surface area contributed by atoms with Crippen LogP contribution < -0.4 is 10.4 Å². The molecule has 2 aromatic carbocycles. The molecule has 2 N–H and O–H groups in total. The van der Waals surface area contributed by atoms with E-state index >= 15 is 0 Å². The number of aromatic carboxylic acids is 1. The van der Waals surface area contributed by atoms with Crippen LogP contribution in [0, 0.1) is 0 Å². The highest BCUT2D eigenvalue weighted by Gasteiger charge is 2.24. The van der Waals surface area contributed by atoms with Crippen molar-refractivity contribution in [3.8, 4) is 5.75 Å². The van der Waals surface area contributed by atoms with E-state index in [9.17, 15) is 9.59 Å². The Labute approximate surface area is 178 Å². The van der Waals surface area contributed by atoms with Gasteiger partial charge in [-0.05, 0) is 55.7 Å². The molecule has 1 aliphatic heterocycles. The van der Waals surface area contributed by atoms with E-state index in [1.807, 2.05) is 25.1 Å². The molecule has 0 saturated carbocycles. The van der Waals surface area contributed by atoms with Gasteiger partial charge >= 0.3 is 11.7 Å². The highest BCUT2D eigenvalue weighted by molar-refractivity contribution is 6.32. The monoisotopic (exact) mass is 429 g/mol. The number of likely N-dealkylation sites (tertiary alicyclic amines) is 1. The van der Waals surface area contributed by atoms with Crippen LogP contribution in [0.4, 0.5) is 0 Å². The summed E-state index contributed by atoms with van der Waals surface area (Å²) in [6.07, 6.45) is 1.69. The van der Waals surface area contributed by atoms with Crippen molar-refractivity contribution in [1.82, 2.24) is 14.5 Å². The van der Waals surface area contributed by atoms with E-state index in [-0.39, 0.29) is 17.3 Å². The lowest BCUT2D eigenvalue weighted by atomic mass is 10.0. The molecule has 0 unspecified atom stereocenters. The summed E-state index contributed by atoms with van der Waals surface area (Å²) in [5.41, 5.74) is 2.44. The number of aromatic nitrogens is 2. The van der Waals surface area contributed by atoms with Crippen LogP contribution in [0.2, 0.25) is 5.02 Å². The summed E-state index contributed by atoms with van der Waals surface area (Å²) in [5.74, 6) is -0.300. The number of nitrogens with one attached hydrogen (secondary N) is 1. The van der Waals surface area contributed by atoms with Crippen LogP contribution in [-0.2, 0) is 6.54 Å². The lowest BCUT2D eigenvalue weighted by Gasteiger charge is -2.32. The number of benzene rings is 2. The van der Waals surface area contributed by atoms with Gasteiger partial charge in [-0.3, -0.25) is 9.47 Å². The van der Waals surface area contributed by atoms with Crippen LogP contribution in [0.15, 0.2) is 41.2 Å². The molecule has 0 amide bonds. The van der Waals surface area contributed by atoms with Crippen LogP contribution in [0.5, 0.6) is 5.75 Å². The van der Waals surface area contributed by atoms with Gasteiger partial charge in [0.15, 0.2) is 0 Å². The van der Waals surface area contributed by atoms with Crippen LogP contribution in [0.1, 0.15) is 41.7 Å². The summed E-state index contributed by atoms with van der Waals surface area (Å²) in [4.78, 5) is 28.9. The fourth-order valence-electron chi connectivity index (χ4n) is 4.13. The first-order valence-corrected chi connectivity index (χ1v) is 10.4. The molecule has 30 heavy (non-hydrogen) atoms. The second kappa shape index (κ2) is 8.53. The summed E-state index contributed by atoms with van der Waals surface area (Å²) in [7, 11) is 0. The minimum Gasteiger partial charge on any atom is -0.492 e. The summed E-state index contributed by atoms with van der Waals surface area (Å²) in [6.45, 7) is 5.03. The van der Waals surface area contributed by atoms with Crippen molar-refractivity contribution in [2.24, 2.45) is 0 Å². The van der Waals surface area contributed by atoms with Gasteiger partial charge in [-0.2, -0.15) is 0 Å². The lowest BCUT2D eigenvalue weighted by Crippen LogP contribution is -2.36. The van der Waals surface area contributed by atoms with E-state index in [1.165, 1.54) is 6.07 Å². The van der Waals surface area contributed by atoms with Gasteiger partial charge in [-0.1, -0.05) is 17.7 Å². The Morgan fingerprint density at radius 1 is 1.23 bits per heavy atom. The zero-order valence-corrected chi connectivity index (χ0v) is 17.5. The number of rotatable bonds is 6. The molecule has 1 aromatic heterocycles. The zero-order valence-electron chi connectivity index (χ0n) is 16.7. The fraction of sp³-hybridized carbons (Fsp3) is 0.364. The summed E-state index contributed by atoms with van der Waals surface area (Å²) < 4.78 is 7.35. The number of imidazole rings is 1. The number of nitrogens with zero attached hydrogens (tertiary/aromatic N) is 2. The van der Waals surface area contributed by atoms with Crippen molar-refractivity contribution in [2.75, 3.05) is 19.7 Å². The van der Waals surface area contributed by atoms with Crippen LogP contribution in [-0.4, -0.2) is 45.2 Å². The van der Waals surface area contributed by atoms with Gasteiger partial charge in [0.05, 0.1) is 28.2 Å². The van der Waals surface area contributed by atoms with Gasteiger partial charge in [-0.15, -0.1) is 0 Å². The predicted octanol–water partition coefficient (Wildman–Crippen LogP) is 3.92. The van der Waals surface area contributed by atoms with E-state index in [0.717, 1.165) is 43.6 Å². The maximum atomic E-state index is 12.5. The average Bonchev–Trinajstić information content (AvgIpc) is 3.06. The molecule has 158 valence electrons. The molecule has 0 atom stereocenters. The van der Waals surface area contributed by atoms with Gasteiger partial charge in [-0.25, -0.2) is 9.59 Å². The van der Waals surface area contributed by atoms with E-state index in [0.29, 0.717) is 22.9 Å². The standard InChI is InChI=1S/C22H24ClN3O4/c1-2-30-20-11-14(3-5-17(20)23)13-25-9-7-16(8-10-25)26-19-6-4-15(21(27)28)12-18(19)24-22(26)29/h3-6,11-12,16H,2,7-10,13H2,1H3,(H,24,29)(H,27,28). The molecule has 8 heteroatoms. The second-order valence-electron chi connectivity index (χ2n) is 7.54. The number of hydrogen-bond donors (Lipinski definition) is 2. The molecule has 0 bridgehead atoms. The van der Waals surface area contributed by atoms with Crippen molar-refractivity contribution in [3.05, 3.63) is 63.0 Å². The van der Waals surface area contributed by atoms with E-state index < -0.39 is 5.97 Å². The SMILES string of the molecule is CCOc1cc(CN2CCC(n3c(=O)[nH]c4cc(C(=O)O)ccc43)CC2)ccc1Cl. The van der Waals surface area contributed by atoms with Crippen LogP contribution in [0.25, 0.3) is 11.0 Å². The predicted molar refractivity (Wildman–Crippen MR) is 116 cm³/mol. The number of carboxylic acids is 1. The topological polar surface area (TPSA) is 87.6 Å². The summed E-state index contributed by atoms with van der Waals surface area (Å²) in [6, 6.07) is 10.7. The first-order chi connectivity index (χ1) is 14.5. The largest absolute Gasteiger partial charge is 0.492 e. The van der Waals surface area contributed by atoms with Crippen molar-refractivity contribution >= 4 is 28.6 Å². The quantitative estimate of drug-likeness (QED) is 0.620. The first kappa shape index (κ1) is 20.5. The lowest BCUT2D eigenvalue weighted by molar-refractivity contribution is 0.0697. The Bertz CT molecular complexity index is 1130. The average molecular weight is 430 g/mol. The highest BCUT2D eigenvalue weighted by atomic mass is 35.5. The molecular weight excluding hydrogens is 406 g/mol. The number of fused-ring (bicyclic) bond motifs is 1. The summed E-state index contributed by atoms with van der Waals surface area (Å²) in [5, 5.41) is 9.78. The van der Waals surface area contributed by atoms with Crippen molar-refractivity contribution < 1.29 is 14.6 Å². The Kier molecular flexibility index (Phi) is 5.83. The number of piperidine rings is 1. The third kappa shape index (κ3) is 4.08. The Morgan fingerprint density at radius 2 is 2.00 bits per heavy atom. The normalized spacial score (nSPS) is 15.5. The number of hydrogen-bond acceptors (Lipinski definition) is 4. The van der Waals surface area contributed by atoms with Gasteiger partial charge < -0.3 is 14.8 Å². The van der Waals surface area contributed by atoms with E-state index in [4.69, 9.17) is 21.4 Å². The zero-order chi connectivity index (χ0) is 21.3. The van der Waals surface area contributed by atoms with E-state index in [2.05, 4.69) is 9.88 Å². The smallest absolute Gasteiger partial charge is 0.335 e. The highest BCUT2D eigenvalue weighted by Crippen LogP contribution is 2.29. The second-order valence-corrected chi connectivity index (χ2v) is 7.95. The van der Waals surface area contributed by atoms with Crippen molar-refractivity contribution in [3.63, 3.8) is 0 Å². The van der Waals surface area contributed by atoms with E-state index in [1.54, 1.807) is 16.7 Å². The number of ether oxygens (including phenoxy) is 1. The molecule has 3 aromatic rings. The fourth-order valence-corrected chi connectivity index (χ4v) is 4.30. The van der Waals surface area contributed by atoms with Gasteiger partial charge in [0.2, 0.25) is 0 Å². The Balaban J connectivity index is 1.46. The maximum absolute atomic E-state index is 12.5. The molecule has 0 spiro atoms. The van der Waals surface area contributed by atoms with Crippen LogP contribution in [0.3, 0.4) is 0 Å². The molecule has 0 radical (unpaired) electrons. The first-order valence-electron chi connectivity index (χ1n) is 10.1. The molecule has 1 fully saturated rings. The van der Waals surface area contributed by atoms with Crippen LogP contribution >= 0.6 is 11.6 Å².